The summed E-state index contributed by atoms with van der Waals surface area (Å²) in [6.07, 6.45) is -1.21. The number of ether oxygens (including phenoxy) is 1. The first-order valence-corrected chi connectivity index (χ1v) is 7.51. The lowest BCUT2D eigenvalue weighted by Crippen LogP contribution is -2.37. The van der Waals surface area contributed by atoms with Gasteiger partial charge in [-0.1, -0.05) is 58.0 Å². The highest BCUT2D eigenvalue weighted by molar-refractivity contribution is 5.76. The Morgan fingerprint density at radius 3 is 2.33 bits per heavy atom. The molecule has 0 saturated heterocycles. The number of hydrogen-bond donors (Lipinski definition) is 1. The summed E-state index contributed by atoms with van der Waals surface area (Å²) in [7, 11) is 0. The van der Waals surface area contributed by atoms with Crippen molar-refractivity contribution in [2.45, 2.75) is 33.8 Å². The minimum Gasteiger partial charge on any atom is -0.463 e. The maximum atomic E-state index is 11.9. The third-order valence-electron chi connectivity index (χ3n) is 3.49. The zero-order valence-electron chi connectivity index (χ0n) is 13.5. The van der Waals surface area contributed by atoms with Crippen LogP contribution in [-0.4, -0.2) is 42.2 Å². The predicted octanol–water partition coefficient (Wildman–Crippen LogP) is 2.63. The molecule has 1 rings (SSSR count). The van der Waals surface area contributed by atoms with Crippen LogP contribution in [0.15, 0.2) is 30.3 Å². The molecular weight excluding hydrogens is 266 g/mol. The van der Waals surface area contributed by atoms with Gasteiger partial charge in [-0.05, 0) is 18.7 Å². The lowest BCUT2D eigenvalue weighted by atomic mass is 9.94. The van der Waals surface area contributed by atoms with Gasteiger partial charge in [0.1, 0.15) is 0 Å². The molecule has 0 aliphatic carbocycles. The van der Waals surface area contributed by atoms with Crippen molar-refractivity contribution in [3.8, 4) is 0 Å². The molecule has 1 unspecified atom stereocenters. The molecule has 0 spiro atoms. The van der Waals surface area contributed by atoms with E-state index < -0.39 is 12.1 Å². The van der Waals surface area contributed by atoms with Crippen LogP contribution in [0.4, 0.5) is 0 Å². The second-order valence-corrected chi connectivity index (χ2v) is 6.05. The molecule has 0 radical (unpaired) electrons. The fourth-order valence-corrected chi connectivity index (χ4v) is 2.22. The van der Waals surface area contributed by atoms with Gasteiger partial charge in [0.05, 0.1) is 6.61 Å². The summed E-state index contributed by atoms with van der Waals surface area (Å²) in [6, 6.07) is 8.85. The van der Waals surface area contributed by atoms with Gasteiger partial charge in [-0.2, -0.15) is 0 Å². The van der Waals surface area contributed by atoms with Crippen molar-refractivity contribution in [2.75, 3.05) is 26.2 Å². The van der Waals surface area contributed by atoms with Gasteiger partial charge >= 0.3 is 5.97 Å². The van der Waals surface area contributed by atoms with E-state index in [-0.39, 0.29) is 5.41 Å². The molecule has 0 aliphatic rings. The monoisotopic (exact) mass is 293 g/mol. The molecule has 0 amide bonds. The number of nitrogens with zero attached hydrogens (tertiary/aromatic N) is 1. The van der Waals surface area contributed by atoms with Crippen LogP contribution in [0.3, 0.4) is 0 Å². The van der Waals surface area contributed by atoms with Crippen molar-refractivity contribution in [1.29, 1.82) is 0 Å². The number of carbonyl (C=O) groups is 1. The number of aliphatic hydroxyl groups excluding tert-OH is 1. The Labute approximate surface area is 127 Å². The molecule has 0 bridgehead atoms. The van der Waals surface area contributed by atoms with Crippen LogP contribution in [0.5, 0.6) is 0 Å². The van der Waals surface area contributed by atoms with E-state index in [1.807, 2.05) is 6.07 Å². The maximum absolute atomic E-state index is 11.9. The fourth-order valence-electron chi connectivity index (χ4n) is 2.22. The van der Waals surface area contributed by atoms with E-state index in [1.165, 1.54) is 0 Å². The van der Waals surface area contributed by atoms with Crippen LogP contribution >= 0.6 is 0 Å². The largest absolute Gasteiger partial charge is 0.463 e. The first kappa shape index (κ1) is 17.7. The summed E-state index contributed by atoms with van der Waals surface area (Å²) in [5.74, 6) is -0.589. The molecule has 1 atom stereocenters. The number of rotatable bonds is 8. The smallest absolute Gasteiger partial charge is 0.339 e. The van der Waals surface area contributed by atoms with Crippen molar-refractivity contribution in [1.82, 2.24) is 4.90 Å². The predicted molar refractivity (Wildman–Crippen MR) is 83.9 cm³/mol. The molecule has 21 heavy (non-hydrogen) atoms. The molecule has 0 saturated carbocycles. The minimum absolute atomic E-state index is 0.141. The van der Waals surface area contributed by atoms with E-state index in [2.05, 4.69) is 32.6 Å². The molecule has 1 aromatic carbocycles. The topological polar surface area (TPSA) is 49.8 Å². The Hall–Kier alpha value is -1.39. The molecule has 4 nitrogen and oxygen atoms in total. The van der Waals surface area contributed by atoms with Gasteiger partial charge in [0.15, 0.2) is 6.10 Å². The van der Waals surface area contributed by atoms with E-state index in [9.17, 15) is 9.90 Å². The number of carbonyl (C=O) groups excluding carboxylic acids is 1. The first-order chi connectivity index (χ1) is 9.89. The summed E-state index contributed by atoms with van der Waals surface area (Å²) >= 11 is 0. The Morgan fingerprint density at radius 1 is 1.24 bits per heavy atom. The number of benzene rings is 1. The molecule has 118 valence electrons. The molecule has 1 N–H and O–H groups in total. The van der Waals surface area contributed by atoms with Crippen molar-refractivity contribution in [3.63, 3.8) is 0 Å². The van der Waals surface area contributed by atoms with Crippen LogP contribution in [0.1, 0.15) is 39.4 Å². The summed E-state index contributed by atoms with van der Waals surface area (Å²) < 4.78 is 5.30. The molecular formula is C17H27NO3. The Kier molecular flexibility index (Phi) is 6.85. The van der Waals surface area contributed by atoms with Gasteiger partial charge < -0.3 is 14.7 Å². The normalized spacial score (nSPS) is 13.2. The van der Waals surface area contributed by atoms with Crippen LogP contribution in [0, 0.1) is 5.41 Å². The summed E-state index contributed by atoms with van der Waals surface area (Å²) in [6.45, 7) is 11.5. The van der Waals surface area contributed by atoms with E-state index in [1.54, 1.807) is 24.3 Å². The third kappa shape index (κ3) is 5.86. The zero-order chi connectivity index (χ0) is 15.9. The Bertz CT molecular complexity index is 427. The van der Waals surface area contributed by atoms with Gasteiger partial charge in [0, 0.05) is 12.0 Å². The van der Waals surface area contributed by atoms with E-state index >= 15 is 0 Å². The second kappa shape index (κ2) is 8.15. The standard InChI is InChI=1S/C17H27NO3/c1-5-18(6-2)12-17(3,4)13-21-16(20)15(19)14-10-8-7-9-11-14/h7-11,15,19H,5-6,12-13H2,1-4H3. The average Bonchev–Trinajstić information content (AvgIpc) is 2.50. The van der Waals surface area contributed by atoms with Crippen LogP contribution in [0.2, 0.25) is 0 Å². The maximum Gasteiger partial charge on any atom is 0.339 e. The Morgan fingerprint density at radius 2 is 1.81 bits per heavy atom. The van der Waals surface area contributed by atoms with E-state index in [0.29, 0.717) is 12.2 Å². The molecule has 0 fully saturated rings. The molecule has 0 heterocycles. The lowest BCUT2D eigenvalue weighted by Gasteiger charge is -2.31. The van der Waals surface area contributed by atoms with Crippen molar-refractivity contribution < 1.29 is 14.6 Å². The first-order valence-electron chi connectivity index (χ1n) is 7.51. The molecule has 1 aromatic rings. The lowest BCUT2D eigenvalue weighted by molar-refractivity contribution is -0.157. The van der Waals surface area contributed by atoms with E-state index in [0.717, 1.165) is 19.6 Å². The van der Waals surface area contributed by atoms with Gasteiger partial charge in [0.25, 0.3) is 0 Å². The summed E-state index contributed by atoms with van der Waals surface area (Å²) in [4.78, 5) is 14.2. The van der Waals surface area contributed by atoms with Gasteiger partial charge in [-0.15, -0.1) is 0 Å². The fraction of sp³-hybridized carbons (Fsp3) is 0.588. The van der Waals surface area contributed by atoms with Crippen molar-refractivity contribution in [2.24, 2.45) is 5.41 Å². The summed E-state index contributed by atoms with van der Waals surface area (Å²) in [5, 5.41) is 9.98. The van der Waals surface area contributed by atoms with Gasteiger partial charge in [0.2, 0.25) is 0 Å². The SMILES string of the molecule is CCN(CC)CC(C)(C)COC(=O)C(O)c1ccccc1. The van der Waals surface area contributed by atoms with E-state index in [4.69, 9.17) is 4.74 Å². The highest BCUT2D eigenvalue weighted by atomic mass is 16.5. The number of aliphatic hydroxyl groups is 1. The van der Waals surface area contributed by atoms with Crippen LogP contribution in [0.25, 0.3) is 0 Å². The quantitative estimate of drug-likeness (QED) is 0.749. The highest BCUT2D eigenvalue weighted by Crippen LogP contribution is 2.20. The molecule has 0 aromatic heterocycles. The zero-order valence-corrected chi connectivity index (χ0v) is 13.5. The minimum atomic E-state index is -1.21. The average molecular weight is 293 g/mol. The van der Waals surface area contributed by atoms with Gasteiger partial charge in [-0.25, -0.2) is 4.79 Å². The number of hydrogen-bond acceptors (Lipinski definition) is 4. The number of esters is 1. The van der Waals surface area contributed by atoms with Crippen molar-refractivity contribution >= 4 is 5.97 Å². The molecule has 4 heteroatoms. The highest BCUT2D eigenvalue weighted by Gasteiger charge is 2.25. The Balaban J connectivity index is 2.51. The summed E-state index contributed by atoms with van der Waals surface area (Å²) in [5.41, 5.74) is 0.419. The second-order valence-electron chi connectivity index (χ2n) is 6.05. The van der Waals surface area contributed by atoms with Crippen LogP contribution < -0.4 is 0 Å². The third-order valence-corrected chi connectivity index (χ3v) is 3.49. The van der Waals surface area contributed by atoms with Crippen LogP contribution in [-0.2, 0) is 9.53 Å². The van der Waals surface area contributed by atoms with Gasteiger partial charge in [-0.3, -0.25) is 0 Å². The van der Waals surface area contributed by atoms with Crippen molar-refractivity contribution in [3.05, 3.63) is 35.9 Å². The molecule has 0 aliphatic heterocycles.